The minimum atomic E-state index is -0.473. The minimum absolute atomic E-state index is 0.177. The fourth-order valence-electron chi connectivity index (χ4n) is 2.14. The zero-order valence-electron chi connectivity index (χ0n) is 8.90. The first-order valence-corrected chi connectivity index (χ1v) is 6.36. The molecule has 0 aliphatic carbocycles. The highest BCUT2D eigenvalue weighted by molar-refractivity contribution is 9.10. The Morgan fingerprint density at radius 3 is 2.81 bits per heavy atom. The van der Waals surface area contributed by atoms with Gasteiger partial charge < -0.3 is 5.32 Å². The van der Waals surface area contributed by atoms with Gasteiger partial charge in [-0.2, -0.15) is 0 Å². The molecule has 1 unspecified atom stereocenters. The Kier molecular flexibility index (Phi) is 3.92. The molecule has 0 bridgehead atoms. The Hall–Kier alpha value is -0.480. The predicted molar refractivity (Wildman–Crippen MR) is 63.3 cm³/mol. The fraction of sp³-hybridized carbons (Fsp3) is 0.500. The molecule has 4 heteroatoms. The van der Waals surface area contributed by atoms with Crippen LogP contribution in [0.25, 0.3) is 0 Å². The van der Waals surface area contributed by atoms with Gasteiger partial charge in [-0.3, -0.25) is 0 Å². The molecule has 1 heterocycles. The van der Waals surface area contributed by atoms with E-state index < -0.39 is 11.6 Å². The summed E-state index contributed by atoms with van der Waals surface area (Å²) in [6.45, 7) is 0.829. The molecule has 16 heavy (non-hydrogen) atoms. The van der Waals surface area contributed by atoms with Gasteiger partial charge in [-0.05, 0) is 47.4 Å². The summed E-state index contributed by atoms with van der Waals surface area (Å²) in [7, 11) is 0. The number of halogens is 3. The molecule has 1 aromatic carbocycles. The number of nitrogens with one attached hydrogen (secondary N) is 1. The van der Waals surface area contributed by atoms with E-state index in [0.717, 1.165) is 32.2 Å². The summed E-state index contributed by atoms with van der Waals surface area (Å²) in [5, 5.41) is 3.21. The first kappa shape index (κ1) is 12.0. The van der Waals surface area contributed by atoms with Crippen LogP contribution in [0.15, 0.2) is 16.6 Å². The lowest BCUT2D eigenvalue weighted by molar-refractivity contribution is 0.462. The van der Waals surface area contributed by atoms with Gasteiger partial charge in [0, 0.05) is 11.6 Å². The van der Waals surface area contributed by atoms with Crippen LogP contribution < -0.4 is 5.32 Å². The summed E-state index contributed by atoms with van der Waals surface area (Å²) >= 11 is 3.10. The average Bonchev–Trinajstić information content (AvgIpc) is 2.53. The van der Waals surface area contributed by atoms with Crippen LogP contribution in [0, 0.1) is 11.6 Å². The second kappa shape index (κ2) is 5.23. The summed E-state index contributed by atoms with van der Waals surface area (Å²) in [6, 6.07) is 2.53. The van der Waals surface area contributed by atoms with Gasteiger partial charge in [0.05, 0.1) is 4.47 Å². The minimum Gasteiger partial charge on any atom is -0.310 e. The molecule has 1 aliphatic heterocycles. The van der Waals surface area contributed by atoms with Crippen molar-refractivity contribution < 1.29 is 8.78 Å². The molecule has 1 aromatic rings. The topological polar surface area (TPSA) is 12.0 Å². The Bertz CT molecular complexity index is 374. The third-order valence-corrected chi connectivity index (χ3v) is 3.60. The summed E-state index contributed by atoms with van der Waals surface area (Å²) in [5.41, 5.74) is 0.177. The van der Waals surface area contributed by atoms with Gasteiger partial charge in [-0.1, -0.05) is 12.8 Å². The summed E-state index contributed by atoms with van der Waals surface area (Å²) in [4.78, 5) is 0. The van der Waals surface area contributed by atoms with Crippen molar-refractivity contribution in [1.29, 1.82) is 0 Å². The Morgan fingerprint density at radius 2 is 2.00 bits per heavy atom. The molecule has 1 aliphatic rings. The molecule has 1 saturated heterocycles. The molecule has 1 fully saturated rings. The third-order valence-electron chi connectivity index (χ3n) is 2.99. The van der Waals surface area contributed by atoms with E-state index in [1.54, 1.807) is 0 Å². The van der Waals surface area contributed by atoms with Crippen LogP contribution in [0.3, 0.4) is 0 Å². The standard InChI is InChI=1S/C12H14BrF2N/c13-8-5-6-9(14)11(12(8)15)10-4-2-1-3-7-16-10/h5-6,10,16H,1-4,7H2. The third kappa shape index (κ3) is 2.43. The number of benzene rings is 1. The molecule has 1 atom stereocenters. The van der Waals surface area contributed by atoms with Crippen molar-refractivity contribution in [2.24, 2.45) is 0 Å². The maximum atomic E-state index is 13.9. The van der Waals surface area contributed by atoms with Crippen LogP contribution in [0.4, 0.5) is 8.78 Å². The quantitative estimate of drug-likeness (QED) is 0.773. The molecular weight excluding hydrogens is 276 g/mol. The lowest BCUT2D eigenvalue weighted by Gasteiger charge is -2.18. The van der Waals surface area contributed by atoms with Crippen LogP contribution in [0.2, 0.25) is 0 Å². The molecule has 1 nitrogen and oxygen atoms in total. The number of hydrogen-bond donors (Lipinski definition) is 1. The SMILES string of the molecule is Fc1ccc(Br)c(F)c1C1CCCCCN1. The van der Waals surface area contributed by atoms with Crippen molar-refractivity contribution in [2.75, 3.05) is 6.54 Å². The van der Waals surface area contributed by atoms with E-state index >= 15 is 0 Å². The van der Waals surface area contributed by atoms with Gasteiger partial charge in [-0.15, -0.1) is 0 Å². The summed E-state index contributed by atoms with van der Waals surface area (Å²) in [6.07, 6.45) is 4.02. The van der Waals surface area contributed by atoms with E-state index in [-0.39, 0.29) is 11.6 Å². The van der Waals surface area contributed by atoms with Crippen LogP contribution in [-0.4, -0.2) is 6.54 Å². The lowest BCUT2D eigenvalue weighted by Crippen LogP contribution is -2.22. The molecule has 0 amide bonds. The van der Waals surface area contributed by atoms with Crippen LogP contribution in [-0.2, 0) is 0 Å². The molecule has 1 N–H and O–H groups in total. The van der Waals surface area contributed by atoms with E-state index in [4.69, 9.17) is 0 Å². The zero-order valence-corrected chi connectivity index (χ0v) is 10.5. The maximum absolute atomic E-state index is 13.9. The van der Waals surface area contributed by atoms with Crippen LogP contribution >= 0.6 is 15.9 Å². The lowest BCUT2D eigenvalue weighted by atomic mass is 10.0. The van der Waals surface area contributed by atoms with E-state index in [9.17, 15) is 8.78 Å². The van der Waals surface area contributed by atoms with Gasteiger partial charge in [-0.25, -0.2) is 8.78 Å². The fourth-order valence-corrected chi connectivity index (χ4v) is 2.48. The van der Waals surface area contributed by atoms with Crippen LogP contribution in [0.5, 0.6) is 0 Å². The maximum Gasteiger partial charge on any atom is 0.145 e. The second-order valence-corrected chi connectivity index (χ2v) is 4.97. The molecule has 88 valence electrons. The molecule has 0 radical (unpaired) electrons. The molecule has 0 saturated carbocycles. The highest BCUT2D eigenvalue weighted by Gasteiger charge is 2.22. The summed E-state index contributed by atoms with van der Waals surface area (Å²) < 4.78 is 27.8. The Labute approximate surface area is 102 Å². The molecule has 2 rings (SSSR count). The van der Waals surface area contributed by atoms with Crippen molar-refractivity contribution in [2.45, 2.75) is 31.7 Å². The predicted octanol–water partition coefficient (Wildman–Crippen LogP) is 3.93. The van der Waals surface area contributed by atoms with Crippen molar-refractivity contribution >= 4 is 15.9 Å². The van der Waals surface area contributed by atoms with Crippen molar-refractivity contribution in [3.63, 3.8) is 0 Å². The van der Waals surface area contributed by atoms with E-state index in [2.05, 4.69) is 21.2 Å². The van der Waals surface area contributed by atoms with Gasteiger partial charge in [0.2, 0.25) is 0 Å². The summed E-state index contributed by atoms with van der Waals surface area (Å²) in [5.74, 6) is -0.931. The van der Waals surface area contributed by atoms with Crippen molar-refractivity contribution in [3.8, 4) is 0 Å². The normalized spacial score (nSPS) is 21.8. The smallest absolute Gasteiger partial charge is 0.145 e. The van der Waals surface area contributed by atoms with Gasteiger partial charge in [0.15, 0.2) is 0 Å². The van der Waals surface area contributed by atoms with Crippen molar-refractivity contribution in [3.05, 3.63) is 33.8 Å². The van der Waals surface area contributed by atoms with Crippen LogP contribution in [0.1, 0.15) is 37.3 Å². The highest BCUT2D eigenvalue weighted by Crippen LogP contribution is 2.30. The van der Waals surface area contributed by atoms with Crippen molar-refractivity contribution in [1.82, 2.24) is 5.32 Å². The van der Waals surface area contributed by atoms with E-state index in [1.165, 1.54) is 12.1 Å². The first-order valence-electron chi connectivity index (χ1n) is 5.57. The number of rotatable bonds is 1. The monoisotopic (exact) mass is 289 g/mol. The highest BCUT2D eigenvalue weighted by atomic mass is 79.9. The van der Waals surface area contributed by atoms with Gasteiger partial charge in [0.25, 0.3) is 0 Å². The first-order chi connectivity index (χ1) is 7.70. The number of hydrogen-bond acceptors (Lipinski definition) is 1. The Morgan fingerprint density at radius 1 is 1.19 bits per heavy atom. The molecular formula is C12H14BrF2N. The average molecular weight is 290 g/mol. The molecule has 0 aromatic heterocycles. The van der Waals surface area contributed by atoms with Gasteiger partial charge in [0.1, 0.15) is 11.6 Å². The van der Waals surface area contributed by atoms with Gasteiger partial charge >= 0.3 is 0 Å². The zero-order chi connectivity index (χ0) is 11.5. The molecule has 0 spiro atoms. The Balaban J connectivity index is 2.33. The van der Waals surface area contributed by atoms with E-state index in [0.29, 0.717) is 4.47 Å². The largest absolute Gasteiger partial charge is 0.310 e. The van der Waals surface area contributed by atoms with E-state index in [1.807, 2.05) is 0 Å². The second-order valence-electron chi connectivity index (χ2n) is 4.11.